The fraction of sp³-hybridized carbons (Fsp3) is 0.353. The maximum atomic E-state index is 9.53. The van der Waals surface area contributed by atoms with E-state index in [-0.39, 0.29) is 0 Å². The Kier molecular flexibility index (Phi) is 3.02. The zero-order valence-electron chi connectivity index (χ0n) is 12.6. The Morgan fingerprint density at radius 1 is 1.27 bits per heavy atom. The van der Waals surface area contributed by atoms with Crippen molar-refractivity contribution in [2.24, 2.45) is 0 Å². The highest BCUT2D eigenvalue weighted by Gasteiger charge is 2.29. The number of nitriles is 1. The van der Waals surface area contributed by atoms with Crippen LogP contribution in [0.1, 0.15) is 54.8 Å². The van der Waals surface area contributed by atoms with E-state index in [4.69, 9.17) is 0 Å². The predicted octanol–water partition coefficient (Wildman–Crippen LogP) is 4.33. The van der Waals surface area contributed by atoms with Crippen LogP contribution in [-0.4, -0.2) is 14.6 Å². The maximum absolute atomic E-state index is 9.53. The molecule has 1 fully saturated rings. The fourth-order valence-electron chi connectivity index (χ4n) is 2.59. The molecule has 22 heavy (non-hydrogen) atoms. The highest BCUT2D eigenvalue weighted by Crippen LogP contribution is 2.42. The van der Waals surface area contributed by atoms with Crippen LogP contribution in [0.3, 0.4) is 0 Å². The van der Waals surface area contributed by atoms with Gasteiger partial charge in [0.05, 0.1) is 0 Å². The summed E-state index contributed by atoms with van der Waals surface area (Å²) < 4.78 is 1.71. The quantitative estimate of drug-likeness (QED) is 0.723. The Balaban J connectivity index is 1.80. The average molecular weight is 308 g/mol. The molecule has 4 nitrogen and oxygen atoms in total. The van der Waals surface area contributed by atoms with Crippen molar-refractivity contribution >= 4 is 16.3 Å². The summed E-state index contributed by atoms with van der Waals surface area (Å²) in [6.45, 7) is 4.34. The Bertz CT molecular complexity index is 876. The van der Waals surface area contributed by atoms with E-state index in [2.05, 4.69) is 42.1 Å². The summed E-state index contributed by atoms with van der Waals surface area (Å²) in [7, 11) is 0. The van der Waals surface area contributed by atoms with Crippen LogP contribution in [-0.2, 0) is 0 Å². The Morgan fingerprint density at radius 2 is 2.00 bits per heavy atom. The summed E-state index contributed by atoms with van der Waals surface area (Å²) >= 11 is 1.61. The first-order valence-corrected chi connectivity index (χ1v) is 8.39. The number of hydrogen-bond acceptors (Lipinski definition) is 4. The van der Waals surface area contributed by atoms with Gasteiger partial charge in [-0.05, 0) is 24.3 Å². The van der Waals surface area contributed by atoms with E-state index >= 15 is 0 Å². The van der Waals surface area contributed by atoms with Crippen LogP contribution in [0.2, 0.25) is 0 Å². The molecule has 0 radical (unpaired) electrons. The van der Waals surface area contributed by atoms with E-state index in [0.29, 0.717) is 17.5 Å². The molecule has 3 aromatic rings. The van der Waals surface area contributed by atoms with E-state index in [1.165, 1.54) is 18.4 Å². The van der Waals surface area contributed by atoms with Crippen LogP contribution < -0.4 is 0 Å². The van der Waals surface area contributed by atoms with Gasteiger partial charge in [-0.15, -0.1) is 0 Å². The SMILES string of the molecule is CC(C)c1ccc(-c2nc3sc(C4CC4)nn3c2C#N)cc1. The average Bonchev–Trinajstić information content (AvgIpc) is 3.20. The van der Waals surface area contributed by atoms with Gasteiger partial charge < -0.3 is 0 Å². The van der Waals surface area contributed by atoms with Crippen molar-refractivity contribution in [3.8, 4) is 17.3 Å². The molecule has 1 aromatic carbocycles. The third kappa shape index (κ3) is 2.11. The second kappa shape index (κ2) is 4.92. The van der Waals surface area contributed by atoms with Crippen LogP contribution in [0, 0.1) is 11.3 Å². The van der Waals surface area contributed by atoms with Crippen molar-refractivity contribution in [1.82, 2.24) is 14.6 Å². The standard InChI is InChI=1S/C17H16N4S/c1-10(2)11-3-5-12(6-4-11)15-14(9-18)21-17(19-15)22-16(20-21)13-7-8-13/h3-6,10,13H,7-8H2,1-2H3. The fourth-order valence-corrected chi connectivity index (χ4v) is 3.65. The first kappa shape index (κ1) is 13.5. The second-order valence-electron chi connectivity index (χ2n) is 6.11. The minimum atomic E-state index is 0.498. The molecule has 0 spiro atoms. The number of imidazole rings is 1. The second-order valence-corrected chi connectivity index (χ2v) is 7.09. The van der Waals surface area contributed by atoms with E-state index in [1.54, 1.807) is 15.9 Å². The first-order valence-electron chi connectivity index (χ1n) is 7.57. The molecule has 1 aliphatic rings. The number of hydrogen-bond donors (Lipinski definition) is 0. The molecule has 0 amide bonds. The molecule has 0 unspecified atom stereocenters. The van der Waals surface area contributed by atoms with Gasteiger partial charge in [-0.1, -0.05) is 49.4 Å². The minimum Gasteiger partial charge on any atom is -0.216 e. The number of nitrogens with zero attached hydrogens (tertiary/aromatic N) is 4. The van der Waals surface area contributed by atoms with Crippen LogP contribution in [0.25, 0.3) is 16.2 Å². The van der Waals surface area contributed by atoms with Crippen molar-refractivity contribution in [3.05, 3.63) is 40.5 Å². The molecule has 0 bridgehead atoms. The van der Waals surface area contributed by atoms with Crippen molar-refractivity contribution in [1.29, 1.82) is 5.26 Å². The summed E-state index contributed by atoms with van der Waals surface area (Å²) in [6.07, 6.45) is 2.42. The molecule has 4 rings (SSSR count). The van der Waals surface area contributed by atoms with Crippen molar-refractivity contribution < 1.29 is 0 Å². The third-order valence-electron chi connectivity index (χ3n) is 4.10. The molecule has 0 atom stereocenters. The van der Waals surface area contributed by atoms with E-state index in [9.17, 15) is 5.26 Å². The third-order valence-corrected chi connectivity index (χ3v) is 5.17. The molecular formula is C17H16N4S. The Labute approximate surface area is 133 Å². The lowest BCUT2D eigenvalue weighted by atomic mass is 10.0. The van der Waals surface area contributed by atoms with Crippen molar-refractivity contribution in [2.75, 3.05) is 0 Å². The van der Waals surface area contributed by atoms with Crippen molar-refractivity contribution in [3.63, 3.8) is 0 Å². The monoisotopic (exact) mass is 308 g/mol. The van der Waals surface area contributed by atoms with Gasteiger partial charge in [0.15, 0.2) is 5.69 Å². The largest absolute Gasteiger partial charge is 0.216 e. The van der Waals surface area contributed by atoms with Crippen LogP contribution in [0.5, 0.6) is 0 Å². The summed E-state index contributed by atoms with van der Waals surface area (Å²) in [5.74, 6) is 1.09. The van der Waals surface area contributed by atoms with Crippen LogP contribution >= 0.6 is 11.3 Å². The number of fused-ring (bicyclic) bond motifs is 1. The minimum absolute atomic E-state index is 0.498. The van der Waals surface area contributed by atoms with Gasteiger partial charge in [-0.2, -0.15) is 14.9 Å². The molecule has 1 saturated carbocycles. The zero-order valence-corrected chi connectivity index (χ0v) is 13.4. The molecule has 2 aromatic heterocycles. The number of benzene rings is 1. The molecule has 5 heteroatoms. The molecule has 0 N–H and O–H groups in total. The molecule has 2 heterocycles. The molecule has 0 saturated heterocycles. The van der Waals surface area contributed by atoms with Gasteiger partial charge in [-0.3, -0.25) is 0 Å². The summed E-state index contributed by atoms with van der Waals surface area (Å²) in [4.78, 5) is 5.48. The Hall–Kier alpha value is -2.19. The lowest BCUT2D eigenvalue weighted by molar-refractivity contribution is 0.867. The first-order chi connectivity index (χ1) is 10.7. The summed E-state index contributed by atoms with van der Waals surface area (Å²) in [6, 6.07) is 10.6. The molecule has 1 aliphatic carbocycles. The topological polar surface area (TPSA) is 54.0 Å². The Morgan fingerprint density at radius 3 is 2.59 bits per heavy atom. The van der Waals surface area contributed by atoms with Gasteiger partial charge in [-0.25, -0.2) is 4.98 Å². The van der Waals surface area contributed by atoms with Gasteiger partial charge >= 0.3 is 0 Å². The maximum Gasteiger partial charge on any atom is 0.214 e. The molecule has 0 aliphatic heterocycles. The van der Waals surface area contributed by atoms with Gasteiger partial charge in [0.2, 0.25) is 4.96 Å². The lowest BCUT2D eigenvalue weighted by Crippen LogP contribution is -1.92. The summed E-state index contributed by atoms with van der Waals surface area (Å²) in [5, 5.41) is 15.2. The smallest absolute Gasteiger partial charge is 0.214 e. The highest BCUT2D eigenvalue weighted by atomic mass is 32.1. The van der Waals surface area contributed by atoms with Crippen molar-refractivity contribution in [2.45, 2.75) is 38.5 Å². The number of aromatic nitrogens is 3. The summed E-state index contributed by atoms with van der Waals surface area (Å²) in [5.41, 5.74) is 3.54. The lowest BCUT2D eigenvalue weighted by Gasteiger charge is -2.05. The molecular weight excluding hydrogens is 292 g/mol. The molecule has 110 valence electrons. The van der Waals surface area contributed by atoms with Gasteiger partial charge in [0.25, 0.3) is 0 Å². The normalized spacial score (nSPS) is 14.6. The predicted molar refractivity (Wildman–Crippen MR) is 87.1 cm³/mol. The van der Waals surface area contributed by atoms with E-state index < -0.39 is 0 Å². The van der Waals surface area contributed by atoms with E-state index in [1.807, 2.05) is 12.1 Å². The highest BCUT2D eigenvalue weighted by molar-refractivity contribution is 7.16. The van der Waals surface area contributed by atoms with Gasteiger partial charge in [0.1, 0.15) is 16.8 Å². The van der Waals surface area contributed by atoms with Crippen LogP contribution in [0.4, 0.5) is 0 Å². The van der Waals surface area contributed by atoms with E-state index in [0.717, 1.165) is 21.2 Å². The number of rotatable bonds is 3. The van der Waals surface area contributed by atoms with Crippen LogP contribution in [0.15, 0.2) is 24.3 Å². The van der Waals surface area contributed by atoms with Gasteiger partial charge in [0, 0.05) is 11.5 Å². The zero-order chi connectivity index (χ0) is 15.3.